The first kappa shape index (κ1) is 18.7. The number of amides is 1. The summed E-state index contributed by atoms with van der Waals surface area (Å²) in [5.74, 6) is 0.271. The lowest BCUT2D eigenvalue weighted by molar-refractivity contribution is -0.118. The topological polar surface area (TPSA) is 81.4 Å². The first-order chi connectivity index (χ1) is 14.1. The number of nitrogens with one attached hydrogen (secondary N) is 1. The van der Waals surface area contributed by atoms with Crippen molar-refractivity contribution in [2.45, 2.75) is 0 Å². The Balaban J connectivity index is 1.61. The highest BCUT2D eigenvalue weighted by atomic mass is 35.5. The molecule has 2 aromatic heterocycles. The van der Waals surface area contributed by atoms with Crippen LogP contribution in [0.1, 0.15) is 0 Å². The van der Waals surface area contributed by atoms with Crippen LogP contribution < -0.4 is 15.7 Å². The van der Waals surface area contributed by atoms with Gasteiger partial charge in [0.05, 0.1) is 5.02 Å². The summed E-state index contributed by atoms with van der Waals surface area (Å²) in [4.78, 5) is 28.1. The molecule has 0 bridgehead atoms. The van der Waals surface area contributed by atoms with E-state index in [0.29, 0.717) is 27.4 Å². The third-order valence-electron chi connectivity index (χ3n) is 4.17. The van der Waals surface area contributed by atoms with Gasteiger partial charge in [-0.05, 0) is 29.3 Å². The van der Waals surface area contributed by atoms with E-state index in [4.69, 9.17) is 20.8 Å². The second-order valence-electron chi connectivity index (χ2n) is 6.18. The molecule has 29 heavy (non-hydrogen) atoms. The van der Waals surface area contributed by atoms with Gasteiger partial charge in [0.15, 0.2) is 6.61 Å². The zero-order valence-corrected chi connectivity index (χ0v) is 15.8. The molecular formula is C22H15ClN2O4. The molecule has 2 aromatic carbocycles. The number of aromatic nitrogens is 1. The average Bonchev–Trinajstić information content (AvgIpc) is 2.73. The minimum atomic E-state index is -0.488. The number of anilines is 1. The summed E-state index contributed by atoms with van der Waals surface area (Å²) < 4.78 is 10.8. The Hall–Kier alpha value is -3.64. The van der Waals surface area contributed by atoms with Crippen LogP contribution in [0.2, 0.25) is 5.02 Å². The van der Waals surface area contributed by atoms with Gasteiger partial charge >= 0.3 is 5.63 Å². The largest absolute Gasteiger partial charge is 0.482 e. The van der Waals surface area contributed by atoms with E-state index in [9.17, 15) is 9.59 Å². The summed E-state index contributed by atoms with van der Waals surface area (Å²) in [5.41, 5.74) is 1.40. The molecule has 4 rings (SSSR count). The second-order valence-corrected chi connectivity index (χ2v) is 6.58. The second kappa shape index (κ2) is 8.16. The number of pyridine rings is 1. The maximum absolute atomic E-state index is 12.1. The van der Waals surface area contributed by atoms with Gasteiger partial charge in [-0.1, -0.05) is 48.0 Å². The van der Waals surface area contributed by atoms with Crippen molar-refractivity contribution in [3.63, 3.8) is 0 Å². The molecule has 0 fully saturated rings. The van der Waals surface area contributed by atoms with Gasteiger partial charge in [0.2, 0.25) is 0 Å². The number of halogens is 1. The van der Waals surface area contributed by atoms with E-state index in [-0.39, 0.29) is 18.3 Å². The molecule has 0 saturated heterocycles. The van der Waals surface area contributed by atoms with Crippen LogP contribution in [0.25, 0.3) is 22.1 Å². The van der Waals surface area contributed by atoms with Gasteiger partial charge in [0.25, 0.3) is 5.91 Å². The molecule has 0 saturated carbocycles. The number of rotatable bonds is 5. The molecule has 4 aromatic rings. The van der Waals surface area contributed by atoms with Crippen molar-refractivity contribution < 1.29 is 13.9 Å². The standard InChI is InChI=1S/C22H15ClN2O4/c23-17-10-16-15(14-6-2-1-3-7-14)11-22(27)29-18(16)12-19(17)28-13-21(26)25-20-8-4-5-9-24-20/h1-12H,13H2,(H,24,25,26). The van der Waals surface area contributed by atoms with Gasteiger partial charge in [-0.2, -0.15) is 0 Å². The Morgan fingerprint density at radius 2 is 1.86 bits per heavy atom. The number of carbonyl (C=O) groups is 1. The van der Waals surface area contributed by atoms with Crippen LogP contribution >= 0.6 is 11.6 Å². The maximum atomic E-state index is 12.1. The van der Waals surface area contributed by atoms with E-state index in [1.807, 2.05) is 30.3 Å². The van der Waals surface area contributed by atoms with Gasteiger partial charge in [-0.25, -0.2) is 9.78 Å². The first-order valence-corrected chi connectivity index (χ1v) is 9.14. The molecule has 6 nitrogen and oxygen atoms in total. The number of nitrogens with zero attached hydrogens (tertiary/aromatic N) is 1. The van der Waals surface area contributed by atoms with Crippen molar-refractivity contribution in [1.82, 2.24) is 4.98 Å². The fourth-order valence-electron chi connectivity index (χ4n) is 2.89. The van der Waals surface area contributed by atoms with Gasteiger partial charge in [-0.3, -0.25) is 4.79 Å². The van der Waals surface area contributed by atoms with Crippen LogP contribution in [0, 0.1) is 0 Å². The van der Waals surface area contributed by atoms with Crippen LogP contribution in [0.3, 0.4) is 0 Å². The number of hydrogen-bond donors (Lipinski definition) is 1. The molecule has 2 heterocycles. The summed E-state index contributed by atoms with van der Waals surface area (Å²) >= 11 is 6.36. The molecule has 0 aliphatic carbocycles. The number of ether oxygens (including phenoxy) is 1. The lowest BCUT2D eigenvalue weighted by atomic mass is 10.0. The first-order valence-electron chi connectivity index (χ1n) is 8.77. The zero-order chi connectivity index (χ0) is 20.2. The average molecular weight is 407 g/mol. The number of benzene rings is 2. The van der Waals surface area contributed by atoms with Gasteiger partial charge in [0.1, 0.15) is 17.2 Å². The highest BCUT2D eigenvalue weighted by molar-refractivity contribution is 6.33. The van der Waals surface area contributed by atoms with E-state index >= 15 is 0 Å². The van der Waals surface area contributed by atoms with Gasteiger partial charge in [-0.15, -0.1) is 0 Å². The Labute approximate surface area is 170 Å². The van der Waals surface area contributed by atoms with Crippen LogP contribution in [-0.2, 0) is 4.79 Å². The lowest BCUT2D eigenvalue weighted by Crippen LogP contribution is -2.20. The van der Waals surface area contributed by atoms with Gasteiger partial charge in [0, 0.05) is 23.7 Å². The predicted molar refractivity (Wildman–Crippen MR) is 111 cm³/mol. The Kier molecular flexibility index (Phi) is 5.27. The van der Waals surface area contributed by atoms with Gasteiger partial charge < -0.3 is 14.5 Å². The molecule has 0 aliphatic heterocycles. The van der Waals surface area contributed by atoms with Crippen LogP contribution in [0.4, 0.5) is 5.82 Å². The molecule has 144 valence electrons. The number of hydrogen-bond acceptors (Lipinski definition) is 5. The maximum Gasteiger partial charge on any atom is 0.336 e. The van der Waals surface area contributed by atoms with Crippen molar-refractivity contribution >= 4 is 34.3 Å². The minimum absolute atomic E-state index is 0.240. The Morgan fingerprint density at radius 1 is 1.07 bits per heavy atom. The smallest absolute Gasteiger partial charge is 0.336 e. The molecule has 0 unspecified atom stereocenters. The van der Waals surface area contributed by atoms with E-state index in [1.165, 1.54) is 12.1 Å². The van der Waals surface area contributed by atoms with E-state index in [0.717, 1.165) is 5.56 Å². The molecular weight excluding hydrogens is 392 g/mol. The summed E-state index contributed by atoms with van der Waals surface area (Å²) in [6.07, 6.45) is 1.57. The van der Waals surface area contributed by atoms with E-state index < -0.39 is 5.63 Å². The number of carbonyl (C=O) groups excluding carboxylic acids is 1. The monoisotopic (exact) mass is 406 g/mol. The van der Waals surface area contributed by atoms with Crippen molar-refractivity contribution in [3.05, 3.63) is 88.4 Å². The molecule has 1 amide bonds. The summed E-state index contributed by atoms with van der Waals surface area (Å²) in [6, 6.07) is 19.2. The predicted octanol–water partition coefficient (Wildman–Crippen LogP) is 4.53. The van der Waals surface area contributed by atoms with Crippen LogP contribution in [0.15, 0.2) is 82.1 Å². The fourth-order valence-corrected chi connectivity index (χ4v) is 3.11. The quantitative estimate of drug-likeness (QED) is 0.492. The van der Waals surface area contributed by atoms with Crippen molar-refractivity contribution in [3.8, 4) is 16.9 Å². The van der Waals surface area contributed by atoms with Crippen molar-refractivity contribution in [2.24, 2.45) is 0 Å². The van der Waals surface area contributed by atoms with Crippen LogP contribution in [-0.4, -0.2) is 17.5 Å². The third kappa shape index (κ3) is 4.28. The highest BCUT2D eigenvalue weighted by Crippen LogP contribution is 2.34. The Bertz CT molecular complexity index is 1220. The summed E-state index contributed by atoms with van der Waals surface area (Å²) in [5, 5.41) is 3.59. The normalized spacial score (nSPS) is 10.7. The fraction of sp³-hybridized carbons (Fsp3) is 0.0455. The van der Waals surface area contributed by atoms with Crippen molar-refractivity contribution in [2.75, 3.05) is 11.9 Å². The lowest BCUT2D eigenvalue weighted by Gasteiger charge is -2.11. The summed E-state index contributed by atoms with van der Waals surface area (Å²) in [6.45, 7) is -0.273. The third-order valence-corrected chi connectivity index (χ3v) is 4.47. The van der Waals surface area contributed by atoms with E-state index in [1.54, 1.807) is 30.5 Å². The highest BCUT2D eigenvalue weighted by Gasteiger charge is 2.13. The SMILES string of the molecule is O=C(COc1cc2oc(=O)cc(-c3ccccc3)c2cc1Cl)Nc1ccccn1. The summed E-state index contributed by atoms with van der Waals surface area (Å²) in [7, 11) is 0. The minimum Gasteiger partial charge on any atom is -0.482 e. The molecule has 7 heteroatoms. The zero-order valence-electron chi connectivity index (χ0n) is 15.1. The van der Waals surface area contributed by atoms with Crippen molar-refractivity contribution in [1.29, 1.82) is 0 Å². The molecule has 1 N–H and O–H groups in total. The number of fused-ring (bicyclic) bond motifs is 1. The molecule has 0 atom stereocenters. The molecule has 0 aliphatic rings. The Morgan fingerprint density at radius 3 is 2.62 bits per heavy atom. The molecule has 0 spiro atoms. The van der Waals surface area contributed by atoms with Crippen LogP contribution in [0.5, 0.6) is 5.75 Å². The molecule has 0 radical (unpaired) electrons. The van der Waals surface area contributed by atoms with E-state index in [2.05, 4.69) is 10.3 Å².